The Hall–Kier alpha value is -0.760. The van der Waals surface area contributed by atoms with Gasteiger partial charge < -0.3 is 9.67 Å². The lowest BCUT2D eigenvalue weighted by Gasteiger charge is -2.35. The van der Waals surface area contributed by atoms with Crippen LogP contribution < -0.4 is 0 Å². The first-order valence-electron chi connectivity index (χ1n) is 7.54. The molecule has 0 aliphatic heterocycles. The molecule has 1 fully saturated rings. The van der Waals surface area contributed by atoms with Crippen molar-refractivity contribution in [3.63, 3.8) is 0 Å². The Morgan fingerprint density at radius 1 is 1.22 bits per heavy atom. The van der Waals surface area contributed by atoms with Crippen LogP contribution in [0.1, 0.15) is 69.4 Å². The first-order chi connectivity index (χ1) is 8.66. The molecular weight excluding hydrogens is 222 g/mol. The van der Waals surface area contributed by atoms with E-state index in [0.29, 0.717) is 6.04 Å². The Balaban J connectivity index is 1.88. The Morgan fingerprint density at radius 3 is 2.83 bits per heavy atom. The topological polar surface area (TPSA) is 25.2 Å². The molecule has 0 spiro atoms. The second-order valence-corrected chi connectivity index (χ2v) is 6.50. The fraction of sp³-hybridized carbons (Fsp3) is 0.750. The van der Waals surface area contributed by atoms with Gasteiger partial charge in [-0.1, -0.05) is 13.8 Å². The van der Waals surface area contributed by atoms with Crippen LogP contribution in [0.4, 0.5) is 0 Å². The van der Waals surface area contributed by atoms with E-state index in [1.807, 2.05) is 0 Å². The van der Waals surface area contributed by atoms with E-state index >= 15 is 0 Å². The minimum Gasteiger partial charge on any atom is -0.388 e. The van der Waals surface area contributed by atoms with Crippen LogP contribution in [0.2, 0.25) is 0 Å². The number of rotatable bonds is 1. The summed E-state index contributed by atoms with van der Waals surface area (Å²) in [4.78, 5) is 0. The van der Waals surface area contributed by atoms with Crippen molar-refractivity contribution in [1.82, 2.24) is 4.57 Å². The average molecular weight is 247 g/mol. The number of nitrogens with zero attached hydrogens (tertiary/aromatic N) is 1. The summed E-state index contributed by atoms with van der Waals surface area (Å²) in [5.41, 5.74) is 2.62. The highest BCUT2D eigenvalue weighted by atomic mass is 16.3. The third-order valence-electron chi connectivity index (χ3n) is 5.05. The van der Waals surface area contributed by atoms with Gasteiger partial charge in [0.2, 0.25) is 0 Å². The van der Waals surface area contributed by atoms with Crippen LogP contribution in [-0.2, 0) is 6.42 Å². The molecule has 2 aliphatic carbocycles. The molecule has 0 radical (unpaired) electrons. The number of hydrogen-bond donors (Lipinski definition) is 1. The maximum Gasteiger partial charge on any atom is 0.0807 e. The summed E-state index contributed by atoms with van der Waals surface area (Å²) < 4.78 is 2.49. The van der Waals surface area contributed by atoms with Crippen LogP contribution in [-0.4, -0.2) is 9.67 Å². The number of aromatic nitrogens is 1. The van der Waals surface area contributed by atoms with Crippen molar-refractivity contribution in [3.8, 4) is 0 Å². The van der Waals surface area contributed by atoms with Crippen molar-refractivity contribution in [1.29, 1.82) is 0 Å². The lowest BCUT2D eigenvalue weighted by Crippen LogP contribution is -2.26. The molecule has 0 aromatic carbocycles. The zero-order valence-electron chi connectivity index (χ0n) is 11.6. The van der Waals surface area contributed by atoms with Crippen LogP contribution in [0, 0.1) is 11.8 Å². The summed E-state index contributed by atoms with van der Waals surface area (Å²) >= 11 is 0. The normalized spacial score (nSPS) is 36.4. The van der Waals surface area contributed by atoms with E-state index in [1.54, 1.807) is 0 Å². The predicted molar refractivity (Wildman–Crippen MR) is 73.5 cm³/mol. The Morgan fingerprint density at radius 2 is 2.06 bits per heavy atom. The van der Waals surface area contributed by atoms with Gasteiger partial charge in [0.15, 0.2) is 0 Å². The molecule has 0 saturated heterocycles. The van der Waals surface area contributed by atoms with E-state index in [9.17, 15) is 5.11 Å². The number of aliphatic hydroxyl groups excluding tert-OH is 1. The van der Waals surface area contributed by atoms with Crippen LogP contribution in [0.3, 0.4) is 0 Å². The molecule has 1 saturated carbocycles. The summed E-state index contributed by atoms with van der Waals surface area (Å²) in [5.74, 6) is 1.65. The third kappa shape index (κ3) is 2.01. The van der Waals surface area contributed by atoms with Crippen molar-refractivity contribution in [2.24, 2.45) is 11.8 Å². The molecule has 0 amide bonds. The molecule has 18 heavy (non-hydrogen) atoms. The average Bonchev–Trinajstić information content (AvgIpc) is 2.74. The zero-order valence-corrected chi connectivity index (χ0v) is 11.6. The van der Waals surface area contributed by atoms with Gasteiger partial charge in [0, 0.05) is 23.5 Å². The van der Waals surface area contributed by atoms with Gasteiger partial charge >= 0.3 is 0 Å². The maximum atomic E-state index is 10.1. The molecule has 0 bridgehead atoms. The first kappa shape index (κ1) is 12.3. The molecule has 1 aromatic rings. The summed E-state index contributed by atoms with van der Waals surface area (Å²) in [6.07, 6.45) is 9.25. The molecule has 1 N–H and O–H groups in total. The van der Waals surface area contributed by atoms with E-state index in [4.69, 9.17) is 0 Å². The SMILES string of the molecule is CC1CCC(n2ccc3c2CCCC3O)C(C)C1. The molecule has 2 aliphatic rings. The van der Waals surface area contributed by atoms with Crippen molar-refractivity contribution >= 4 is 0 Å². The molecule has 1 aromatic heterocycles. The van der Waals surface area contributed by atoms with Crippen molar-refractivity contribution in [3.05, 3.63) is 23.5 Å². The van der Waals surface area contributed by atoms with E-state index in [0.717, 1.165) is 31.1 Å². The predicted octanol–water partition coefficient (Wildman–Crippen LogP) is 3.86. The third-order valence-corrected chi connectivity index (χ3v) is 5.05. The quantitative estimate of drug-likeness (QED) is 0.801. The minimum absolute atomic E-state index is 0.215. The molecule has 1 heterocycles. The van der Waals surface area contributed by atoms with Crippen LogP contribution in [0.25, 0.3) is 0 Å². The minimum atomic E-state index is -0.215. The highest BCUT2D eigenvalue weighted by Gasteiger charge is 2.30. The van der Waals surface area contributed by atoms with Gasteiger partial charge in [-0.3, -0.25) is 0 Å². The molecular formula is C16H25NO. The van der Waals surface area contributed by atoms with Crippen molar-refractivity contribution in [2.75, 3.05) is 0 Å². The lowest BCUT2D eigenvalue weighted by molar-refractivity contribution is 0.152. The molecule has 3 rings (SSSR count). The van der Waals surface area contributed by atoms with Gasteiger partial charge in [0.1, 0.15) is 0 Å². The van der Waals surface area contributed by atoms with Gasteiger partial charge in [-0.15, -0.1) is 0 Å². The first-order valence-corrected chi connectivity index (χ1v) is 7.54. The fourth-order valence-electron chi connectivity index (χ4n) is 4.06. The number of hydrogen-bond acceptors (Lipinski definition) is 1. The Kier molecular flexibility index (Phi) is 3.23. The fourth-order valence-corrected chi connectivity index (χ4v) is 4.06. The molecule has 2 nitrogen and oxygen atoms in total. The second-order valence-electron chi connectivity index (χ2n) is 6.50. The number of aliphatic hydroxyl groups is 1. The van der Waals surface area contributed by atoms with Gasteiger partial charge in [-0.25, -0.2) is 0 Å². The zero-order chi connectivity index (χ0) is 12.7. The highest BCUT2D eigenvalue weighted by molar-refractivity contribution is 5.28. The highest BCUT2D eigenvalue weighted by Crippen LogP contribution is 2.40. The summed E-state index contributed by atoms with van der Waals surface area (Å²) in [5, 5.41) is 10.1. The monoisotopic (exact) mass is 247 g/mol. The number of fused-ring (bicyclic) bond motifs is 1. The molecule has 4 unspecified atom stereocenters. The standard InChI is InChI=1S/C16H25NO/c1-11-6-7-14(12(2)10-11)17-9-8-13-15(17)4-3-5-16(13)18/h8-9,11-12,14,16,18H,3-7,10H2,1-2H3. The smallest absolute Gasteiger partial charge is 0.0807 e. The van der Waals surface area contributed by atoms with E-state index in [-0.39, 0.29) is 6.10 Å². The van der Waals surface area contributed by atoms with Gasteiger partial charge in [0.05, 0.1) is 6.10 Å². The lowest BCUT2D eigenvalue weighted by atomic mass is 9.79. The molecule has 100 valence electrons. The van der Waals surface area contributed by atoms with E-state index in [1.165, 1.54) is 30.5 Å². The van der Waals surface area contributed by atoms with Crippen molar-refractivity contribution in [2.45, 2.75) is 64.5 Å². The van der Waals surface area contributed by atoms with Crippen molar-refractivity contribution < 1.29 is 5.11 Å². The van der Waals surface area contributed by atoms with Crippen LogP contribution >= 0.6 is 0 Å². The molecule has 4 atom stereocenters. The summed E-state index contributed by atoms with van der Waals surface area (Å²) in [7, 11) is 0. The van der Waals surface area contributed by atoms with E-state index < -0.39 is 0 Å². The summed E-state index contributed by atoms with van der Waals surface area (Å²) in [6, 6.07) is 2.82. The molecule has 2 heteroatoms. The van der Waals surface area contributed by atoms with Gasteiger partial charge in [0.25, 0.3) is 0 Å². The van der Waals surface area contributed by atoms with Crippen LogP contribution in [0.15, 0.2) is 12.3 Å². The Bertz CT molecular complexity index is 423. The largest absolute Gasteiger partial charge is 0.388 e. The van der Waals surface area contributed by atoms with Crippen LogP contribution in [0.5, 0.6) is 0 Å². The van der Waals surface area contributed by atoms with Gasteiger partial charge in [-0.2, -0.15) is 0 Å². The maximum absolute atomic E-state index is 10.1. The van der Waals surface area contributed by atoms with E-state index in [2.05, 4.69) is 30.7 Å². The Labute approximate surface area is 110 Å². The van der Waals surface area contributed by atoms with Gasteiger partial charge in [-0.05, 0) is 56.4 Å². The summed E-state index contributed by atoms with van der Waals surface area (Å²) in [6.45, 7) is 4.77. The second kappa shape index (κ2) is 4.73.